The number of halogens is 5. The average Bonchev–Trinajstić information content (AvgIpc) is 2.61. The topological polar surface area (TPSA) is 84.5 Å². The Morgan fingerprint density at radius 3 is 2.38 bits per heavy atom. The monoisotopic (exact) mass is 438 g/mol. The summed E-state index contributed by atoms with van der Waals surface area (Å²) in [5, 5.41) is 2.34. The molecule has 6 nitrogen and oxygen atoms in total. The van der Waals surface area contributed by atoms with E-state index in [9.17, 15) is 35.2 Å². The highest BCUT2D eigenvalue weighted by Crippen LogP contribution is 2.26. The number of nitrogens with one attached hydrogen (secondary N) is 2. The molecule has 12 heteroatoms. The third kappa shape index (κ3) is 6.98. The fourth-order valence-corrected chi connectivity index (χ4v) is 3.23. The lowest BCUT2D eigenvalue weighted by Crippen LogP contribution is -2.31. The average molecular weight is 438 g/mol. The molecule has 2 aromatic rings. The van der Waals surface area contributed by atoms with Gasteiger partial charge in [-0.3, -0.25) is 4.79 Å². The van der Waals surface area contributed by atoms with Crippen molar-refractivity contribution < 1.29 is 39.9 Å². The minimum atomic E-state index is -4.89. The highest BCUT2D eigenvalue weighted by atomic mass is 32.2. The van der Waals surface area contributed by atoms with Crippen molar-refractivity contribution in [1.29, 1.82) is 0 Å². The van der Waals surface area contributed by atoms with E-state index in [2.05, 4.69) is 10.1 Å². The number of carbonyl (C=O) groups excluding carboxylic acids is 1. The summed E-state index contributed by atoms with van der Waals surface area (Å²) in [4.78, 5) is 11.3. The zero-order chi connectivity index (χ0) is 21.7. The number of ether oxygens (including phenoxy) is 1. The summed E-state index contributed by atoms with van der Waals surface area (Å²) >= 11 is 0. The van der Waals surface area contributed by atoms with Crippen LogP contribution in [0.3, 0.4) is 0 Å². The van der Waals surface area contributed by atoms with Crippen LogP contribution in [0.25, 0.3) is 0 Å². The molecule has 1 amide bonds. The van der Waals surface area contributed by atoms with Crippen molar-refractivity contribution in [3.8, 4) is 5.75 Å². The summed E-state index contributed by atoms with van der Waals surface area (Å²) < 4.78 is 93.0. The number of amides is 1. The molecule has 0 saturated heterocycles. The van der Waals surface area contributed by atoms with Crippen molar-refractivity contribution >= 4 is 15.9 Å². The molecule has 2 rings (SSSR count). The lowest BCUT2D eigenvalue weighted by Gasteiger charge is -2.13. The van der Waals surface area contributed by atoms with Gasteiger partial charge < -0.3 is 10.1 Å². The molecule has 0 spiro atoms. The van der Waals surface area contributed by atoms with Crippen molar-refractivity contribution in [1.82, 2.24) is 10.0 Å². The van der Waals surface area contributed by atoms with E-state index in [1.54, 1.807) is 0 Å². The van der Waals surface area contributed by atoms with Gasteiger partial charge in [-0.25, -0.2) is 21.9 Å². The van der Waals surface area contributed by atoms with Gasteiger partial charge in [-0.15, -0.1) is 13.2 Å². The Morgan fingerprint density at radius 1 is 1.03 bits per heavy atom. The molecule has 0 saturated carbocycles. The quantitative estimate of drug-likeness (QED) is 0.621. The number of para-hydroxylation sites is 1. The summed E-state index contributed by atoms with van der Waals surface area (Å²) in [7, 11) is -4.17. The van der Waals surface area contributed by atoms with E-state index in [0.29, 0.717) is 12.1 Å². The van der Waals surface area contributed by atoms with Gasteiger partial charge in [-0.05, 0) is 24.3 Å². The molecule has 0 aliphatic heterocycles. The normalized spacial score (nSPS) is 11.9. The van der Waals surface area contributed by atoms with Crippen molar-refractivity contribution in [3.63, 3.8) is 0 Å². The molecular formula is C17H15F5N2O4S. The number of sulfonamides is 1. The van der Waals surface area contributed by atoms with Crippen LogP contribution in [0.15, 0.2) is 47.4 Å². The van der Waals surface area contributed by atoms with Crippen molar-refractivity contribution in [2.45, 2.75) is 24.2 Å². The SMILES string of the molecule is O=C(CCNS(=O)(=O)c1ccc(F)c(F)c1)NCc1ccccc1OC(F)(F)F. The Hall–Kier alpha value is -2.73. The van der Waals surface area contributed by atoms with E-state index in [-0.39, 0.29) is 25.1 Å². The molecule has 29 heavy (non-hydrogen) atoms. The van der Waals surface area contributed by atoms with Crippen molar-refractivity contribution in [2.24, 2.45) is 0 Å². The second-order valence-electron chi connectivity index (χ2n) is 5.66. The predicted molar refractivity (Wildman–Crippen MR) is 91.1 cm³/mol. The molecule has 0 atom stereocenters. The maximum atomic E-state index is 13.1. The number of alkyl halides is 3. The Morgan fingerprint density at radius 2 is 1.72 bits per heavy atom. The Balaban J connectivity index is 1.87. The Kier molecular flexibility index (Phi) is 7.14. The third-order valence-corrected chi connectivity index (χ3v) is 4.98. The molecule has 0 radical (unpaired) electrons. The van der Waals surface area contributed by atoms with Crippen LogP contribution in [-0.4, -0.2) is 27.2 Å². The minimum Gasteiger partial charge on any atom is -0.405 e. The molecule has 0 aliphatic carbocycles. The Labute approximate surface area is 162 Å². The van der Waals surface area contributed by atoms with E-state index in [1.165, 1.54) is 18.2 Å². The number of benzene rings is 2. The highest BCUT2D eigenvalue weighted by Gasteiger charge is 2.32. The maximum Gasteiger partial charge on any atom is 0.573 e. The predicted octanol–water partition coefficient (Wildman–Crippen LogP) is 2.85. The summed E-state index contributed by atoms with van der Waals surface area (Å²) in [5.74, 6) is -3.68. The first-order valence-electron chi connectivity index (χ1n) is 8.03. The zero-order valence-corrected chi connectivity index (χ0v) is 15.4. The van der Waals surface area contributed by atoms with Crippen LogP contribution in [0.2, 0.25) is 0 Å². The maximum absolute atomic E-state index is 13.1. The first kappa shape index (κ1) is 22.6. The third-order valence-electron chi connectivity index (χ3n) is 3.52. The van der Waals surface area contributed by atoms with E-state index in [0.717, 1.165) is 12.1 Å². The minimum absolute atomic E-state index is 0.0699. The summed E-state index contributed by atoms with van der Waals surface area (Å²) in [6, 6.07) is 7.21. The van der Waals surface area contributed by atoms with Gasteiger partial charge in [-0.1, -0.05) is 18.2 Å². The van der Waals surface area contributed by atoms with Crippen molar-refractivity contribution in [3.05, 3.63) is 59.7 Å². The van der Waals surface area contributed by atoms with Crippen LogP contribution in [0, 0.1) is 11.6 Å². The fraction of sp³-hybridized carbons (Fsp3) is 0.235. The second-order valence-corrected chi connectivity index (χ2v) is 7.42. The van der Waals surface area contributed by atoms with Gasteiger partial charge in [0, 0.05) is 25.1 Å². The number of carbonyl (C=O) groups is 1. The van der Waals surface area contributed by atoms with Crippen LogP contribution in [0.5, 0.6) is 5.75 Å². The van der Waals surface area contributed by atoms with Gasteiger partial charge in [0.2, 0.25) is 15.9 Å². The molecule has 0 fully saturated rings. The van der Waals surface area contributed by atoms with E-state index in [4.69, 9.17) is 0 Å². The summed E-state index contributed by atoms with van der Waals surface area (Å²) in [6.45, 7) is -0.644. The van der Waals surface area contributed by atoms with Crippen LogP contribution in [0.4, 0.5) is 22.0 Å². The van der Waals surface area contributed by atoms with E-state index in [1.807, 2.05) is 4.72 Å². The van der Waals surface area contributed by atoms with Gasteiger partial charge in [0.25, 0.3) is 0 Å². The first-order valence-corrected chi connectivity index (χ1v) is 9.51. The van der Waals surface area contributed by atoms with Crippen LogP contribution >= 0.6 is 0 Å². The van der Waals surface area contributed by atoms with Crippen LogP contribution in [0.1, 0.15) is 12.0 Å². The molecule has 2 aromatic carbocycles. The van der Waals surface area contributed by atoms with E-state index < -0.39 is 44.6 Å². The number of hydrogen-bond donors (Lipinski definition) is 2. The van der Waals surface area contributed by atoms with Crippen molar-refractivity contribution in [2.75, 3.05) is 6.54 Å². The molecule has 158 valence electrons. The summed E-state index contributed by atoms with van der Waals surface area (Å²) in [5.41, 5.74) is 0.0699. The van der Waals surface area contributed by atoms with Crippen LogP contribution < -0.4 is 14.8 Å². The smallest absolute Gasteiger partial charge is 0.405 e. The molecule has 0 aliphatic rings. The van der Waals surface area contributed by atoms with Crippen LogP contribution in [-0.2, 0) is 21.4 Å². The number of rotatable bonds is 8. The second kappa shape index (κ2) is 9.18. The van der Waals surface area contributed by atoms with Gasteiger partial charge in [0.05, 0.1) is 4.90 Å². The largest absolute Gasteiger partial charge is 0.573 e. The highest BCUT2D eigenvalue weighted by molar-refractivity contribution is 7.89. The van der Waals surface area contributed by atoms with E-state index >= 15 is 0 Å². The molecule has 0 unspecified atom stereocenters. The fourth-order valence-electron chi connectivity index (χ4n) is 2.18. The first-order chi connectivity index (χ1) is 13.5. The van der Waals surface area contributed by atoms with Gasteiger partial charge >= 0.3 is 6.36 Å². The number of hydrogen-bond acceptors (Lipinski definition) is 4. The zero-order valence-electron chi connectivity index (χ0n) is 14.6. The lowest BCUT2D eigenvalue weighted by atomic mass is 10.2. The Bertz CT molecular complexity index is 980. The standard InChI is InChI=1S/C17H15F5N2O4S/c18-13-6-5-12(9-14(13)19)29(26,27)24-8-7-16(25)23-10-11-3-1-2-4-15(11)28-17(20,21)22/h1-6,9,24H,7-8,10H2,(H,23,25). The molecule has 0 bridgehead atoms. The molecular weight excluding hydrogens is 423 g/mol. The molecule has 0 heterocycles. The lowest BCUT2D eigenvalue weighted by molar-refractivity contribution is -0.274. The van der Waals surface area contributed by atoms with Gasteiger partial charge in [-0.2, -0.15) is 0 Å². The van der Waals surface area contributed by atoms with Gasteiger partial charge in [0.15, 0.2) is 11.6 Å². The molecule has 0 aromatic heterocycles. The summed E-state index contributed by atoms with van der Waals surface area (Å²) in [6.07, 6.45) is -5.23. The van der Waals surface area contributed by atoms with Gasteiger partial charge in [0.1, 0.15) is 5.75 Å². The molecule has 2 N–H and O–H groups in total.